The molecule has 2 N–H and O–H groups in total. The van der Waals surface area contributed by atoms with Gasteiger partial charge in [0, 0.05) is 4.47 Å². The van der Waals surface area contributed by atoms with E-state index in [-0.39, 0.29) is 17.2 Å². The second-order valence-electron chi connectivity index (χ2n) is 4.49. The first kappa shape index (κ1) is 15.9. The fourth-order valence-electron chi connectivity index (χ4n) is 1.81. The molecular weight excluding hydrogens is 361 g/mol. The lowest BCUT2D eigenvalue weighted by Crippen LogP contribution is -2.15. The topological polar surface area (TPSA) is 66.4 Å². The highest BCUT2D eigenvalue weighted by Gasteiger charge is 2.19. The molecule has 2 aromatic carbocycles. The van der Waals surface area contributed by atoms with Crippen molar-refractivity contribution in [2.24, 2.45) is 0 Å². The molecule has 2 rings (SSSR count). The number of sulfonamides is 1. The molecule has 0 heterocycles. The summed E-state index contributed by atoms with van der Waals surface area (Å²) in [7, 11) is -3.94. The fraction of sp³-hybridized carbons (Fsp3) is 0.143. The molecule has 7 heteroatoms. The van der Waals surface area contributed by atoms with E-state index >= 15 is 0 Å². The molecule has 21 heavy (non-hydrogen) atoms. The number of aryl methyl sites for hydroxylation is 1. The van der Waals surface area contributed by atoms with E-state index in [1.165, 1.54) is 24.3 Å². The minimum absolute atomic E-state index is 0.00780. The van der Waals surface area contributed by atoms with Crippen LogP contribution in [-0.4, -0.2) is 13.5 Å². The van der Waals surface area contributed by atoms with Crippen molar-refractivity contribution in [2.45, 2.75) is 18.4 Å². The van der Waals surface area contributed by atoms with Gasteiger partial charge in [0.05, 0.1) is 17.2 Å². The number of hydrogen-bond donors (Lipinski definition) is 2. The van der Waals surface area contributed by atoms with Crippen molar-refractivity contribution in [3.05, 3.63) is 57.8 Å². The summed E-state index contributed by atoms with van der Waals surface area (Å²) in [5.41, 5.74) is 0.837. The monoisotopic (exact) mass is 373 g/mol. The molecule has 0 unspecified atom stereocenters. The van der Waals surface area contributed by atoms with E-state index in [9.17, 15) is 12.8 Å². The number of rotatable bonds is 4. The molecule has 0 radical (unpaired) electrons. The Morgan fingerprint density at radius 2 is 1.95 bits per heavy atom. The zero-order valence-electron chi connectivity index (χ0n) is 11.1. The van der Waals surface area contributed by atoms with E-state index in [1.54, 1.807) is 19.1 Å². The molecule has 0 aliphatic carbocycles. The van der Waals surface area contributed by atoms with Crippen molar-refractivity contribution < 1.29 is 17.9 Å². The van der Waals surface area contributed by atoms with Gasteiger partial charge in [-0.15, -0.1) is 0 Å². The fourth-order valence-corrected chi connectivity index (χ4v) is 3.52. The van der Waals surface area contributed by atoms with Crippen LogP contribution in [0.3, 0.4) is 0 Å². The van der Waals surface area contributed by atoms with Crippen LogP contribution in [0, 0.1) is 12.7 Å². The van der Waals surface area contributed by atoms with Crippen molar-refractivity contribution in [3.8, 4) is 0 Å². The molecule has 112 valence electrons. The SMILES string of the molecule is Cc1ccc(CO)cc1S(=O)(=O)Nc1cc(Br)ccc1F. The highest BCUT2D eigenvalue weighted by molar-refractivity contribution is 9.10. The van der Waals surface area contributed by atoms with Crippen molar-refractivity contribution in [2.75, 3.05) is 4.72 Å². The van der Waals surface area contributed by atoms with Gasteiger partial charge < -0.3 is 5.11 Å². The highest BCUT2D eigenvalue weighted by Crippen LogP contribution is 2.25. The Kier molecular flexibility index (Phi) is 4.65. The third-order valence-corrected chi connectivity index (χ3v) is 4.90. The maximum atomic E-state index is 13.7. The number of halogens is 2. The Labute approximate surface area is 130 Å². The van der Waals surface area contributed by atoms with Crippen LogP contribution in [0.25, 0.3) is 0 Å². The third kappa shape index (κ3) is 3.61. The number of aliphatic hydroxyl groups is 1. The Morgan fingerprint density at radius 3 is 2.62 bits per heavy atom. The second kappa shape index (κ2) is 6.13. The normalized spacial score (nSPS) is 11.4. The van der Waals surface area contributed by atoms with Crippen LogP contribution in [0.5, 0.6) is 0 Å². The summed E-state index contributed by atoms with van der Waals surface area (Å²) in [6.45, 7) is 1.36. The van der Waals surface area contributed by atoms with E-state index in [1.807, 2.05) is 0 Å². The van der Waals surface area contributed by atoms with Crippen molar-refractivity contribution in [1.82, 2.24) is 0 Å². The van der Waals surface area contributed by atoms with Crippen LogP contribution < -0.4 is 4.72 Å². The molecule has 0 aromatic heterocycles. The minimum Gasteiger partial charge on any atom is -0.392 e. The molecule has 0 fully saturated rings. The Morgan fingerprint density at radius 1 is 1.24 bits per heavy atom. The second-order valence-corrected chi connectivity index (χ2v) is 7.05. The molecule has 0 saturated carbocycles. The minimum atomic E-state index is -3.94. The molecule has 0 aliphatic rings. The van der Waals surface area contributed by atoms with Gasteiger partial charge in [0.15, 0.2) is 0 Å². The molecule has 0 saturated heterocycles. The summed E-state index contributed by atoms with van der Waals surface area (Å²) >= 11 is 3.16. The molecule has 4 nitrogen and oxygen atoms in total. The third-order valence-electron chi connectivity index (χ3n) is 2.90. The average Bonchev–Trinajstić information content (AvgIpc) is 2.43. The predicted molar refractivity (Wildman–Crippen MR) is 82.0 cm³/mol. The number of nitrogens with one attached hydrogen (secondary N) is 1. The summed E-state index contributed by atoms with van der Waals surface area (Å²) in [6, 6.07) is 8.58. The van der Waals surface area contributed by atoms with Gasteiger partial charge >= 0.3 is 0 Å². The van der Waals surface area contributed by atoms with Gasteiger partial charge in [0.1, 0.15) is 5.82 Å². The first-order valence-electron chi connectivity index (χ1n) is 6.02. The maximum Gasteiger partial charge on any atom is 0.262 e. The van der Waals surface area contributed by atoms with E-state index in [0.717, 1.165) is 0 Å². The summed E-state index contributed by atoms with van der Waals surface area (Å²) in [6.07, 6.45) is 0. The van der Waals surface area contributed by atoms with Gasteiger partial charge in [-0.05, 0) is 42.3 Å². The van der Waals surface area contributed by atoms with Gasteiger partial charge in [0.2, 0.25) is 0 Å². The lowest BCUT2D eigenvalue weighted by atomic mass is 10.2. The standard InChI is InChI=1S/C14H13BrFNO3S/c1-9-2-3-10(8-18)6-14(9)21(19,20)17-13-7-11(15)4-5-12(13)16/h2-7,17-18H,8H2,1H3. The largest absolute Gasteiger partial charge is 0.392 e. The first-order valence-corrected chi connectivity index (χ1v) is 8.29. The number of hydrogen-bond acceptors (Lipinski definition) is 3. The van der Waals surface area contributed by atoms with E-state index < -0.39 is 15.8 Å². The Hall–Kier alpha value is -1.44. The molecule has 0 aliphatic heterocycles. The molecule has 2 aromatic rings. The van der Waals surface area contributed by atoms with Crippen molar-refractivity contribution in [3.63, 3.8) is 0 Å². The predicted octanol–water partition coefficient (Wildman–Crippen LogP) is 3.19. The van der Waals surface area contributed by atoms with E-state index in [2.05, 4.69) is 20.7 Å². The average molecular weight is 374 g/mol. The van der Waals surface area contributed by atoms with Crippen LogP contribution in [0.4, 0.5) is 10.1 Å². The summed E-state index contributed by atoms with van der Waals surface area (Å²) in [5, 5.41) is 9.11. The van der Waals surface area contributed by atoms with Gasteiger partial charge in [-0.1, -0.05) is 28.1 Å². The molecular formula is C14H13BrFNO3S. The number of aliphatic hydroxyl groups excluding tert-OH is 1. The molecule has 0 bridgehead atoms. The van der Waals surface area contributed by atoms with E-state index in [0.29, 0.717) is 15.6 Å². The lowest BCUT2D eigenvalue weighted by molar-refractivity contribution is 0.281. The summed E-state index contributed by atoms with van der Waals surface area (Å²) in [4.78, 5) is 0.00780. The number of benzene rings is 2. The Balaban J connectivity index is 2.45. The first-order chi connectivity index (χ1) is 9.83. The van der Waals surface area contributed by atoms with Gasteiger partial charge in [-0.2, -0.15) is 0 Å². The van der Waals surface area contributed by atoms with Crippen molar-refractivity contribution >= 4 is 31.6 Å². The van der Waals surface area contributed by atoms with Crippen LogP contribution in [-0.2, 0) is 16.6 Å². The maximum absolute atomic E-state index is 13.7. The molecule has 0 atom stereocenters. The summed E-state index contributed by atoms with van der Waals surface area (Å²) < 4.78 is 41.2. The Bertz CT molecular complexity index is 778. The summed E-state index contributed by atoms with van der Waals surface area (Å²) in [5.74, 6) is -0.669. The van der Waals surface area contributed by atoms with Crippen LogP contribution in [0.2, 0.25) is 0 Å². The van der Waals surface area contributed by atoms with Crippen LogP contribution in [0.15, 0.2) is 45.8 Å². The van der Waals surface area contributed by atoms with Gasteiger partial charge in [-0.3, -0.25) is 4.72 Å². The van der Waals surface area contributed by atoms with Crippen LogP contribution >= 0.6 is 15.9 Å². The highest BCUT2D eigenvalue weighted by atomic mass is 79.9. The number of anilines is 1. The quantitative estimate of drug-likeness (QED) is 0.864. The molecule has 0 amide bonds. The lowest BCUT2D eigenvalue weighted by Gasteiger charge is -2.12. The smallest absolute Gasteiger partial charge is 0.262 e. The zero-order chi connectivity index (χ0) is 15.6. The van der Waals surface area contributed by atoms with E-state index in [4.69, 9.17) is 5.11 Å². The van der Waals surface area contributed by atoms with Crippen LogP contribution in [0.1, 0.15) is 11.1 Å². The zero-order valence-corrected chi connectivity index (χ0v) is 13.5. The molecule has 0 spiro atoms. The van der Waals surface area contributed by atoms with Gasteiger partial charge in [-0.25, -0.2) is 12.8 Å². The van der Waals surface area contributed by atoms with Crippen molar-refractivity contribution in [1.29, 1.82) is 0 Å². The van der Waals surface area contributed by atoms with Gasteiger partial charge in [0.25, 0.3) is 10.0 Å².